The molecule has 0 unspecified atom stereocenters. The van der Waals surface area contributed by atoms with Crippen molar-refractivity contribution in [2.75, 3.05) is 13.6 Å². The molecule has 1 aromatic carbocycles. The van der Waals surface area contributed by atoms with Gasteiger partial charge < -0.3 is 9.88 Å². The van der Waals surface area contributed by atoms with Crippen LogP contribution >= 0.6 is 0 Å². The minimum atomic E-state index is 0.526. The van der Waals surface area contributed by atoms with E-state index in [0.717, 1.165) is 13.0 Å². The van der Waals surface area contributed by atoms with E-state index in [1.807, 2.05) is 7.05 Å². The first-order valence-corrected chi connectivity index (χ1v) is 6.88. The van der Waals surface area contributed by atoms with Crippen molar-refractivity contribution in [1.29, 1.82) is 0 Å². The monoisotopic (exact) mass is 244 g/mol. The summed E-state index contributed by atoms with van der Waals surface area (Å²) in [4.78, 5) is 0. The van der Waals surface area contributed by atoms with Gasteiger partial charge in [-0.2, -0.15) is 0 Å². The maximum Gasteiger partial charge on any atom is 0.0485 e. The van der Waals surface area contributed by atoms with Crippen LogP contribution in [0.1, 0.15) is 37.6 Å². The Labute approximate surface area is 110 Å². The lowest BCUT2D eigenvalue weighted by Gasteiger charge is -2.12. The summed E-state index contributed by atoms with van der Waals surface area (Å²) in [6, 6.07) is 9.72. The van der Waals surface area contributed by atoms with E-state index in [9.17, 15) is 0 Å². The summed E-state index contributed by atoms with van der Waals surface area (Å²) >= 11 is 0. The average Bonchev–Trinajstić information content (AvgIpc) is 2.64. The Hall–Kier alpha value is -1.28. The van der Waals surface area contributed by atoms with Gasteiger partial charge in [0.2, 0.25) is 0 Å². The first kappa shape index (κ1) is 13.2. The molecule has 0 aliphatic carbocycles. The quantitative estimate of drug-likeness (QED) is 0.794. The topological polar surface area (TPSA) is 17.0 Å². The average molecular weight is 244 g/mol. The number of benzene rings is 1. The molecule has 0 spiro atoms. The molecule has 2 heteroatoms. The molecule has 18 heavy (non-hydrogen) atoms. The highest BCUT2D eigenvalue weighted by atomic mass is 15.0. The summed E-state index contributed by atoms with van der Waals surface area (Å²) in [6.45, 7) is 7.77. The summed E-state index contributed by atoms with van der Waals surface area (Å²) in [6.07, 6.45) is 2.36. The van der Waals surface area contributed by atoms with Crippen molar-refractivity contribution in [3.63, 3.8) is 0 Å². The summed E-state index contributed by atoms with van der Waals surface area (Å²) in [5, 5.41) is 4.58. The lowest BCUT2D eigenvalue weighted by molar-refractivity contribution is 0.608. The maximum absolute atomic E-state index is 3.20. The van der Waals surface area contributed by atoms with Crippen molar-refractivity contribution in [2.45, 2.75) is 39.7 Å². The SMILES string of the molecule is CNCCCc1ccc2c(c1)cc(C)n2C(C)C. The van der Waals surface area contributed by atoms with Crippen LogP contribution in [0.25, 0.3) is 10.9 Å². The third kappa shape index (κ3) is 2.59. The molecule has 0 bridgehead atoms. The van der Waals surface area contributed by atoms with Gasteiger partial charge in [-0.15, -0.1) is 0 Å². The largest absolute Gasteiger partial charge is 0.342 e. The van der Waals surface area contributed by atoms with Crippen LogP contribution in [0.5, 0.6) is 0 Å². The molecule has 0 fully saturated rings. The number of nitrogens with zero attached hydrogens (tertiary/aromatic N) is 1. The number of hydrogen-bond acceptors (Lipinski definition) is 1. The fourth-order valence-electron chi connectivity index (χ4n) is 2.73. The van der Waals surface area contributed by atoms with E-state index in [2.05, 4.69) is 54.9 Å². The Morgan fingerprint density at radius 2 is 2.00 bits per heavy atom. The summed E-state index contributed by atoms with van der Waals surface area (Å²) in [5.41, 5.74) is 4.16. The number of aromatic nitrogens is 1. The lowest BCUT2D eigenvalue weighted by atomic mass is 10.1. The van der Waals surface area contributed by atoms with Crippen molar-refractivity contribution in [1.82, 2.24) is 9.88 Å². The molecule has 2 rings (SSSR count). The van der Waals surface area contributed by atoms with Crippen LogP contribution in [0.3, 0.4) is 0 Å². The number of aryl methyl sites for hydroxylation is 2. The van der Waals surface area contributed by atoms with Crippen LogP contribution in [0.15, 0.2) is 24.3 Å². The molecular weight excluding hydrogens is 220 g/mol. The van der Waals surface area contributed by atoms with Crippen LogP contribution in [-0.4, -0.2) is 18.2 Å². The summed E-state index contributed by atoms with van der Waals surface area (Å²) in [7, 11) is 2.01. The van der Waals surface area contributed by atoms with E-state index in [0.29, 0.717) is 6.04 Å². The fourth-order valence-corrected chi connectivity index (χ4v) is 2.73. The van der Waals surface area contributed by atoms with Crippen molar-refractivity contribution in [3.05, 3.63) is 35.5 Å². The van der Waals surface area contributed by atoms with E-state index in [1.54, 1.807) is 0 Å². The number of rotatable bonds is 5. The second kappa shape index (κ2) is 5.57. The Balaban J connectivity index is 2.30. The predicted octanol–water partition coefficient (Wildman–Crippen LogP) is 3.68. The highest BCUT2D eigenvalue weighted by Crippen LogP contribution is 2.25. The van der Waals surface area contributed by atoms with Gasteiger partial charge in [0.1, 0.15) is 0 Å². The Kier molecular flexibility index (Phi) is 4.07. The second-order valence-electron chi connectivity index (χ2n) is 5.35. The lowest BCUT2D eigenvalue weighted by Crippen LogP contribution is -2.08. The number of fused-ring (bicyclic) bond motifs is 1. The van der Waals surface area contributed by atoms with Crippen molar-refractivity contribution in [2.24, 2.45) is 0 Å². The van der Waals surface area contributed by atoms with Gasteiger partial charge in [-0.3, -0.25) is 0 Å². The molecule has 98 valence electrons. The van der Waals surface area contributed by atoms with Gasteiger partial charge in [0.15, 0.2) is 0 Å². The smallest absolute Gasteiger partial charge is 0.0485 e. The first-order valence-electron chi connectivity index (χ1n) is 6.88. The van der Waals surface area contributed by atoms with Crippen molar-refractivity contribution >= 4 is 10.9 Å². The molecule has 0 aliphatic rings. The van der Waals surface area contributed by atoms with Gasteiger partial charge in [-0.1, -0.05) is 6.07 Å². The van der Waals surface area contributed by atoms with Gasteiger partial charge in [-0.05, 0) is 71.0 Å². The molecular formula is C16H24N2. The minimum absolute atomic E-state index is 0.526. The van der Waals surface area contributed by atoms with Crippen LogP contribution in [-0.2, 0) is 6.42 Å². The zero-order valence-corrected chi connectivity index (χ0v) is 12.0. The molecule has 1 aromatic heterocycles. The second-order valence-corrected chi connectivity index (χ2v) is 5.35. The van der Waals surface area contributed by atoms with E-state index < -0.39 is 0 Å². The number of hydrogen-bond donors (Lipinski definition) is 1. The standard InChI is InChI=1S/C16H24N2/c1-12(2)18-13(3)10-15-11-14(6-5-9-17-4)7-8-16(15)18/h7-8,10-12,17H,5-6,9H2,1-4H3. The molecule has 1 N–H and O–H groups in total. The predicted molar refractivity (Wildman–Crippen MR) is 79.3 cm³/mol. The highest BCUT2D eigenvalue weighted by Gasteiger charge is 2.08. The minimum Gasteiger partial charge on any atom is -0.342 e. The van der Waals surface area contributed by atoms with Crippen LogP contribution in [0.4, 0.5) is 0 Å². The van der Waals surface area contributed by atoms with E-state index in [4.69, 9.17) is 0 Å². The summed E-state index contributed by atoms with van der Waals surface area (Å²) in [5.74, 6) is 0. The Morgan fingerprint density at radius 3 is 2.67 bits per heavy atom. The van der Waals surface area contributed by atoms with Crippen LogP contribution in [0.2, 0.25) is 0 Å². The zero-order chi connectivity index (χ0) is 13.1. The Bertz CT molecular complexity index is 523. The van der Waals surface area contributed by atoms with Gasteiger partial charge in [0, 0.05) is 22.6 Å². The van der Waals surface area contributed by atoms with E-state index in [-0.39, 0.29) is 0 Å². The van der Waals surface area contributed by atoms with Gasteiger partial charge in [-0.25, -0.2) is 0 Å². The van der Waals surface area contributed by atoms with E-state index in [1.165, 1.54) is 28.6 Å². The van der Waals surface area contributed by atoms with Gasteiger partial charge >= 0.3 is 0 Å². The molecule has 0 saturated heterocycles. The molecule has 0 aliphatic heterocycles. The number of nitrogens with one attached hydrogen (secondary N) is 1. The third-order valence-electron chi connectivity index (χ3n) is 3.50. The molecule has 2 aromatic rings. The Morgan fingerprint density at radius 1 is 1.22 bits per heavy atom. The molecule has 2 nitrogen and oxygen atoms in total. The van der Waals surface area contributed by atoms with Crippen LogP contribution in [0, 0.1) is 6.92 Å². The van der Waals surface area contributed by atoms with Crippen molar-refractivity contribution < 1.29 is 0 Å². The van der Waals surface area contributed by atoms with Gasteiger partial charge in [0.05, 0.1) is 0 Å². The van der Waals surface area contributed by atoms with Crippen molar-refractivity contribution in [3.8, 4) is 0 Å². The fraction of sp³-hybridized carbons (Fsp3) is 0.500. The van der Waals surface area contributed by atoms with E-state index >= 15 is 0 Å². The summed E-state index contributed by atoms with van der Waals surface area (Å²) < 4.78 is 2.41. The van der Waals surface area contributed by atoms with Gasteiger partial charge in [0.25, 0.3) is 0 Å². The molecule has 0 radical (unpaired) electrons. The van der Waals surface area contributed by atoms with Crippen LogP contribution < -0.4 is 5.32 Å². The molecule has 0 amide bonds. The molecule has 0 atom stereocenters. The normalized spacial score (nSPS) is 11.6. The third-order valence-corrected chi connectivity index (χ3v) is 3.50. The highest BCUT2D eigenvalue weighted by molar-refractivity contribution is 5.82. The molecule has 1 heterocycles. The molecule has 0 saturated carbocycles. The zero-order valence-electron chi connectivity index (χ0n) is 12.0. The maximum atomic E-state index is 3.20. The first-order chi connectivity index (χ1) is 8.63.